The topological polar surface area (TPSA) is 44.6 Å². The van der Waals surface area contributed by atoms with Crippen LogP contribution in [-0.2, 0) is 11.0 Å². The van der Waals surface area contributed by atoms with Crippen LogP contribution >= 0.6 is 49.0 Å². The van der Waals surface area contributed by atoms with Gasteiger partial charge >= 0.3 is 6.18 Å². The number of quaternary nitrogens is 1. The van der Waals surface area contributed by atoms with Crippen molar-refractivity contribution in [2.24, 2.45) is 0 Å². The van der Waals surface area contributed by atoms with Crippen molar-refractivity contribution in [3.63, 3.8) is 0 Å². The second-order valence-corrected chi connectivity index (χ2v) is 10.3. The van der Waals surface area contributed by atoms with Crippen LogP contribution in [0.4, 0.5) is 19.0 Å². The highest BCUT2D eigenvalue weighted by atomic mass is 35.5. The fourth-order valence-corrected chi connectivity index (χ4v) is 6.27. The minimum Gasteiger partial charge on any atom is -0.353 e. The molecule has 1 aromatic carbocycles. The summed E-state index contributed by atoms with van der Waals surface area (Å²) in [5.41, 5.74) is 1.57. The fraction of sp³-hybridized carbons (Fsp3) is 0.360. The van der Waals surface area contributed by atoms with E-state index in [2.05, 4.69) is 16.3 Å². The van der Waals surface area contributed by atoms with Gasteiger partial charge < -0.3 is 9.80 Å². The molecule has 6 rings (SSSR count). The first-order chi connectivity index (χ1) is 17.3. The van der Waals surface area contributed by atoms with Crippen LogP contribution in [0.1, 0.15) is 5.69 Å². The maximum absolute atomic E-state index is 13.5. The lowest BCUT2D eigenvalue weighted by Gasteiger charge is -2.44. The molecule has 0 N–H and O–H groups in total. The van der Waals surface area contributed by atoms with Gasteiger partial charge in [0.05, 0.1) is 30.2 Å². The summed E-state index contributed by atoms with van der Waals surface area (Å²) in [6.07, 6.45) is 3.66. The van der Waals surface area contributed by atoms with Crippen molar-refractivity contribution in [2.75, 3.05) is 55.8 Å². The molecule has 212 valence electrons. The van der Waals surface area contributed by atoms with Crippen molar-refractivity contribution < 1.29 is 22.6 Å². The molecule has 14 heteroatoms. The lowest BCUT2D eigenvalue weighted by molar-refractivity contribution is -0.948. The molecule has 5 heterocycles. The molecular formula is C25H29Cl3F3N6OS+. The molecule has 39 heavy (non-hydrogen) atoms. The maximum Gasteiger partial charge on any atom is 0.435 e. The number of rotatable bonds is 4. The largest absolute Gasteiger partial charge is 0.435 e. The van der Waals surface area contributed by atoms with Crippen molar-refractivity contribution in [2.45, 2.75) is 6.18 Å². The average molecular weight is 625 g/mol. The summed E-state index contributed by atoms with van der Waals surface area (Å²) in [5.74, 6) is 2.24. The van der Waals surface area contributed by atoms with Crippen molar-refractivity contribution in [3.8, 4) is 5.69 Å². The van der Waals surface area contributed by atoms with Gasteiger partial charge in [0.25, 0.3) is 5.91 Å². The second-order valence-electron chi connectivity index (χ2n) is 9.27. The zero-order valence-corrected chi connectivity index (χ0v) is 24.1. The minimum atomic E-state index is -4.52. The highest BCUT2D eigenvalue weighted by molar-refractivity contribution is 7.99. The van der Waals surface area contributed by atoms with Crippen molar-refractivity contribution in [1.82, 2.24) is 19.7 Å². The van der Waals surface area contributed by atoms with Crippen molar-refractivity contribution in [1.29, 1.82) is 0 Å². The number of aromatic nitrogens is 2. The standard InChI is InChI=1S/C25H26F3N6OS.3ClH/c26-25(27,28)22-16-23(33(29-22)20-5-2-1-3-6-20)30-8-10-32(11-9-30)34-13-4-7-21(34)15-19(17-34)24(35)31-12-14-36-18-31;;;/h1-7,13,15-16H,8-12,14,17-18H2;3*1H/q+1;;;/t34-;;;/m1.../s1. The number of hydrogen-bond acceptors (Lipinski definition) is 5. The van der Waals surface area contributed by atoms with Crippen LogP contribution in [0, 0.1) is 0 Å². The zero-order valence-electron chi connectivity index (χ0n) is 20.8. The molecule has 0 spiro atoms. The third-order valence-electron chi connectivity index (χ3n) is 7.16. The predicted molar refractivity (Wildman–Crippen MR) is 154 cm³/mol. The molecule has 0 radical (unpaired) electrons. The Morgan fingerprint density at radius 3 is 2.36 bits per heavy atom. The maximum atomic E-state index is 13.5. The number of para-hydroxylation sites is 1. The Morgan fingerprint density at radius 2 is 1.72 bits per heavy atom. The molecule has 4 aliphatic heterocycles. The number of anilines is 1. The zero-order chi connectivity index (χ0) is 24.9. The van der Waals surface area contributed by atoms with Gasteiger partial charge in [-0.1, -0.05) is 18.2 Å². The van der Waals surface area contributed by atoms with Gasteiger partial charge in [-0.25, -0.2) is 4.68 Å². The van der Waals surface area contributed by atoms with Crippen LogP contribution in [0.5, 0.6) is 0 Å². The molecular weight excluding hydrogens is 596 g/mol. The van der Waals surface area contributed by atoms with E-state index in [0.29, 0.717) is 48.8 Å². The average Bonchev–Trinajstić information content (AvgIpc) is 3.67. The lowest BCUT2D eigenvalue weighted by atomic mass is 10.2. The SMILES string of the molecule is Cl.Cl.Cl.O=C(C1=CC2=CC=C[N@@+]2(N2CCN(c3cc(C(F)(F)F)nn3-c3ccccc3)CC2)C1)N1CCSC1. The molecule has 1 atom stereocenters. The number of alkyl halides is 3. The molecule has 0 unspecified atom stereocenters. The van der Waals surface area contributed by atoms with Crippen LogP contribution in [0.2, 0.25) is 0 Å². The van der Waals surface area contributed by atoms with Crippen molar-refractivity contribution in [3.05, 3.63) is 77.8 Å². The summed E-state index contributed by atoms with van der Waals surface area (Å²) in [6.45, 7) is 3.72. The smallest absolute Gasteiger partial charge is 0.353 e. The quantitative estimate of drug-likeness (QED) is 0.454. The van der Waals surface area contributed by atoms with Gasteiger partial charge in [0.15, 0.2) is 11.4 Å². The van der Waals surface area contributed by atoms with Crippen LogP contribution in [0.3, 0.4) is 0 Å². The second kappa shape index (κ2) is 12.2. The Labute approximate surface area is 247 Å². The van der Waals surface area contributed by atoms with Gasteiger partial charge in [0.1, 0.15) is 18.6 Å². The number of allylic oxidation sites excluding steroid dienone is 3. The van der Waals surface area contributed by atoms with E-state index in [-0.39, 0.29) is 43.1 Å². The molecule has 0 saturated carbocycles. The number of fused-ring (bicyclic) bond motifs is 1. The van der Waals surface area contributed by atoms with E-state index in [4.69, 9.17) is 0 Å². The highest BCUT2D eigenvalue weighted by Crippen LogP contribution is 2.39. The summed E-state index contributed by atoms with van der Waals surface area (Å²) < 4.78 is 42.5. The summed E-state index contributed by atoms with van der Waals surface area (Å²) >= 11 is 1.77. The molecule has 2 aromatic rings. The number of carbonyl (C=O) groups excluding carboxylic acids is 1. The molecule has 2 saturated heterocycles. The first-order valence-corrected chi connectivity index (χ1v) is 13.1. The van der Waals surface area contributed by atoms with E-state index in [1.165, 1.54) is 4.68 Å². The monoisotopic (exact) mass is 623 g/mol. The Morgan fingerprint density at radius 1 is 1.00 bits per heavy atom. The fourth-order valence-electron chi connectivity index (χ4n) is 5.33. The van der Waals surface area contributed by atoms with E-state index < -0.39 is 11.9 Å². The molecule has 7 nitrogen and oxygen atoms in total. The molecule has 2 fully saturated rings. The Bertz CT molecular complexity index is 1270. The molecule has 1 amide bonds. The summed E-state index contributed by atoms with van der Waals surface area (Å²) in [4.78, 5) is 16.9. The number of halogens is 6. The van der Waals surface area contributed by atoms with Gasteiger partial charge in [-0.2, -0.15) is 22.9 Å². The molecule has 1 aromatic heterocycles. The lowest BCUT2D eigenvalue weighted by Crippen LogP contribution is -2.60. The van der Waals surface area contributed by atoms with Gasteiger partial charge in [0, 0.05) is 43.6 Å². The van der Waals surface area contributed by atoms with Crippen LogP contribution in [-0.4, -0.2) is 81.1 Å². The third kappa shape index (κ3) is 5.71. The van der Waals surface area contributed by atoms with E-state index in [0.717, 1.165) is 35.5 Å². The van der Waals surface area contributed by atoms with Gasteiger partial charge in [0.2, 0.25) is 0 Å². The first-order valence-electron chi connectivity index (χ1n) is 11.9. The van der Waals surface area contributed by atoms with E-state index in [1.807, 2.05) is 34.1 Å². The van der Waals surface area contributed by atoms with Crippen LogP contribution in [0.15, 0.2) is 72.1 Å². The van der Waals surface area contributed by atoms with Gasteiger partial charge in [-0.05, 0) is 18.2 Å². The number of hydrogen-bond donors (Lipinski definition) is 0. The number of nitrogens with zero attached hydrogens (tertiary/aromatic N) is 6. The van der Waals surface area contributed by atoms with E-state index >= 15 is 0 Å². The molecule has 0 bridgehead atoms. The Hall–Kier alpha value is -2.15. The van der Waals surface area contributed by atoms with Gasteiger partial charge in [-0.15, -0.1) is 54.0 Å². The van der Waals surface area contributed by atoms with Crippen LogP contribution in [0.25, 0.3) is 5.69 Å². The molecule has 0 aliphatic carbocycles. The minimum absolute atomic E-state index is 0. The van der Waals surface area contributed by atoms with E-state index in [9.17, 15) is 18.0 Å². The summed E-state index contributed by atoms with van der Waals surface area (Å²) in [7, 11) is 0. The summed E-state index contributed by atoms with van der Waals surface area (Å²) in [6, 6.07) is 10.0. The number of carbonyl (C=O) groups is 1. The number of piperazine rings is 1. The van der Waals surface area contributed by atoms with Gasteiger partial charge in [-0.3, -0.25) is 4.79 Å². The first kappa shape index (κ1) is 31.4. The Balaban J connectivity index is 0.00000140. The number of benzene rings is 1. The number of thioether (sulfide) groups is 1. The third-order valence-corrected chi connectivity index (χ3v) is 8.13. The van der Waals surface area contributed by atoms with Crippen molar-refractivity contribution >= 4 is 60.7 Å². The normalized spacial score (nSPS) is 22.4. The number of amides is 1. The Kier molecular flexibility index (Phi) is 9.78. The highest BCUT2D eigenvalue weighted by Gasteiger charge is 2.48. The predicted octanol–water partition coefficient (Wildman–Crippen LogP) is 4.89. The summed E-state index contributed by atoms with van der Waals surface area (Å²) in [5, 5.41) is 6.20. The molecule has 4 aliphatic rings. The van der Waals surface area contributed by atoms with E-state index in [1.54, 1.807) is 36.0 Å². The van der Waals surface area contributed by atoms with Crippen LogP contribution < -0.4 is 4.90 Å².